The zero-order valence-electron chi connectivity index (χ0n) is 12.6. The third-order valence-corrected chi connectivity index (χ3v) is 3.38. The Labute approximate surface area is 129 Å². The van der Waals surface area contributed by atoms with Crippen LogP contribution in [0.15, 0.2) is 18.2 Å². The van der Waals surface area contributed by atoms with Gasteiger partial charge >= 0.3 is 0 Å². The molecule has 0 aliphatic carbocycles. The van der Waals surface area contributed by atoms with E-state index in [2.05, 4.69) is 15.4 Å². The van der Waals surface area contributed by atoms with Gasteiger partial charge in [0, 0.05) is 5.92 Å². The normalized spacial score (nSPS) is 10.8. The molecule has 112 valence electrons. The first-order valence-corrected chi connectivity index (χ1v) is 7.09. The summed E-state index contributed by atoms with van der Waals surface area (Å²) >= 11 is 6.17. The summed E-state index contributed by atoms with van der Waals surface area (Å²) in [6, 6.07) is 5.59. The lowest BCUT2D eigenvalue weighted by Crippen LogP contribution is -2.13. The van der Waals surface area contributed by atoms with E-state index in [1.165, 1.54) is 0 Å². The number of hydrazine groups is 1. The van der Waals surface area contributed by atoms with E-state index in [0.717, 1.165) is 11.1 Å². The van der Waals surface area contributed by atoms with Gasteiger partial charge in [0.2, 0.25) is 5.88 Å². The van der Waals surface area contributed by atoms with E-state index in [4.69, 9.17) is 22.2 Å². The van der Waals surface area contributed by atoms with E-state index >= 15 is 0 Å². The summed E-state index contributed by atoms with van der Waals surface area (Å²) in [7, 11) is 0. The molecule has 21 heavy (non-hydrogen) atoms. The van der Waals surface area contributed by atoms with E-state index in [-0.39, 0.29) is 5.92 Å². The maximum absolute atomic E-state index is 6.17. The van der Waals surface area contributed by atoms with E-state index in [1.54, 1.807) is 6.07 Å². The maximum Gasteiger partial charge on any atom is 0.227 e. The Kier molecular flexibility index (Phi) is 4.65. The van der Waals surface area contributed by atoms with Crippen molar-refractivity contribution in [3.05, 3.63) is 40.2 Å². The van der Waals surface area contributed by atoms with Crippen LogP contribution in [0.25, 0.3) is 0 Å². The number of aryl methyl sites for hydroxylation is 1. The fourth-order valence-electron chi connectivity index (χ4n) is 1.80. The first kappa shape index (κ1) is 15.5. The van der Waals surface area contributed by atoms with Crippen LogP contribution in [-0.4, -0.2) is 9.97 Å². The molecule has 0 atom stereocenters. The Morgan fingerprint density at radius 3 is 2.57 bits per heavy atom. The number of benzene rings is 1. The third-order valence-electron chi connectivity index (χ3n) is 3.06. The molecule has 2 rings (SSSR count). The molecule has 0 bridgehead atoms. The average Bonchev–Trinajstić information content (AvgIpc) is 2.44. The highest BCUT2D eigenvalue weighted by Crippen LogP contribution is 2.33. The van der Waals surface area contributed by atoms with Gasteiger partial charge in [-0.25, -0.2) is 10.8 Å². The molecule has 0 saturated heterocycles. The van der Waals surface area contributed by atoms with Crippen molar-refractivity contribution >= 4 is 17.4 Å². The van der Waals surface area contributed by atoms with Gasteiger partial charge in [-0.1, -0.05) is 31.5 Å². The quantitative estimate of drug-likeness (QED) is 0.661. The minimum atomic E-state index is 0.160. The van der Waals surface area contributed by atoms with Crippen molar-refractivity contribution < 1.29 is 4.74 Å². The molecule has 0 unspecified atom stereocenters. The molecule has 0 amide bonds. The van der Waals surface area contributed by atoms with Crippen LogP contribution < -0.4 is 16.0 Å². The van der Waals surface area contributed by atoms with Crippen molar-refractivity contribution in [1.29, 1.82) is 0 Å². The lowest BCUT2D eigenvalue weighted by Gasteiger charge is -2.15. The van der Waals surface area contributed by atoms with Gasteiger partial charge in [0.1, 0.15) is 11.6 Å². The predicted molar refractivity (Wildman–Crippen MR) is 84.9 cm³/mol. The highest BCUT2D eigenvalue weighted by Gasteiger charge is 2.15. The minimum Gasteiger partial charge on any atom is -0.437 e. The van der Waals surface area contributed by atoms with E-state index < -0.39 is 0 Å². The van der Waals surface area contributed by atoms with Gasteiger partial charge in [-0.15, -0.1) is 0 Å². The Morgan fingerprint density at radius 2 is 1.95 bits per heavy atom. The number of aromatic nitrogens is 2. The molecular weight excluding hydrogens is 288 g/mol. The molecule has 0 saturated carbocycles. The fraction of sp³-hybridized carbons (Fsp3) is 0.333. The van der Waals surface area contributed by atoms with Crippen molar-refractivity contribution in [2.24, 2.45) is 5.84 Å². The monoisotopic (exact) mass is 306 g/mol. The summed E-state index contributed by atoms with van der Waals surface area (Å²) in [4.78, 5) is 8.83. The summed E-state index contributed by atoms with van der Waals surface area (Å²) in [6.45, 7) is 7.84. The zero-order chi connectivity index (χ0) is 15.6. The molecule has 0 aliphatic rings. The second-order valence-corrected chi connectivity index (χ2v) is 5.60. The van der Waals surface area contributed by atoms with Crippen molar-refractivity contribution in [2.45, 2.75) is 33.6 Å². The highest BCUT2D eigenvalue weighted by atomic mass is 35.5. The molecule has 3 N–H and O–H groups in total. The topological polar surface area (TPSA) is 73.1 Å². The van der Waals surface area contributed by atoms with Crippen LogP contribution >= 0.6 is 11.6 Å². The second-order valence-electron chi connectivity index (χ2n) is 5.20. The van der Waals surface area contributed by atoms with Gasteiger partial charge in [0.05, 0.1) is 10.6 Å². The van der Waals surface area contributed by atoms with Crippen LogP contribution in [-0.2, 0) is 0 Å². The standard InChI is InChI=1S/C15H19ClN4O/c1-8(2)13-18-14(20-17)10(4)15(19-13)21-12-7-9(3)5-6-11(12)16/h5-8H,17H2,1-4H3,(H,18,19,20). The number of ether oxygens (including phenoxy) is 1. The number of halogens is 1. The first-order chi connectivity index (χ1) is 9.92. The van der Waals surface area contributed by atoms with Crippen LogP contribution in [0.1, 0.15) is 36.7 Å². The molecule has 6 heteroatoms. The lowest BCUT2D eigenvalue weighted by atomic mass is 10.2. The predicted octanol–water partition coefficient (Wildman–Crippen LogP) is 3.95. The number of rotatable bonds is 4. The maximum atomic E-state index is 6.17. The molecule has 1 aromatic carbocycles. The minimum absolute atomic E-state index is 0.160. The SMILES string of the molecule is Cc1ccc(Cl)c(Oc2nc(C(C)C)nc(NN)c2C)c1. The van der Waals surface area contributed by atoms with Crippen molar-refractivity contribution in [3.8, 4) is 11.6 Å². The van der Waals surface area contributed by atoms with Gasteiger partial charge in [0.25, 0.3) is 0 Å². The molecule has 5 nitrogen and oxygen atoms in total. The smallest absolute Gasteiger partial charge is 0.227 e. The Hall–Kier alpha value is -1.85. The summed E-state index contributed by atoms with van der Waals surface area (Å²) in [6.07, 6.45) is 0. The van der Waals surface area contributed by atoms with E-state index in [1.807, 2.05) is 39.8 Å². The molecule has 0 aliphatic heterocycles. The second kappa shape index (κ2) is 6.28. The molecule has 0 spiro atoms. The number of hydrogen-bond acceptors (Lipinski definition) is 5. The molecule has 0 fully saturated rings. The molecule has 0 radical (unpaired) electrons. The lowest BCUT2D eigenvalue weighted by molar-refractivity contribution is 0.453. The molecule has 1 aromatic heterocycles. The van der Waals surface area contributed by atoms with Crippen LogP contribution in [0.2, 0.25) is 5.02 Å². The van der Waals surface area contributed by atoms with E-state index in [0.29, 0.717) is 28.3 Å². The molecular formula is C15H19ClN4O. The number of nitrogens with one attached hydrogen (secondary N) is 1. The Morgan fingerprint density at radius 1 is 1.24 bits per heavy atom. The summed E-state index contributed by atoms with van der Waals surface area (Å²) in [5, 5.41) is 0.534. The van der Waals surface area contributed by atoms with Crippen LogP contribution in [0, 0.1) is 13.8 Å². The number of hydrogen-bond donors (Lipinski definition) is 2. The number of nitrogen functional groups attached to an aromatic ring is 1. The first-order valence-electron chi connectivity index (χ1n) is 6.71. The van der Waals surface area contributed by atoms with Crippen molar-refractivity contribution in [1.82, 2.24) is 9.97 Å². The Balaban J connectivity index is 2.47. The van der Waals surface area contributed by atoms with Gasteiger partial charge in [-0.05, 0) is 31.5 Å². The van der Waals surface area contributed by atoms with Gasteiger partial charge in [-0.3, -0.25) is 0 Å². The summed E-state index contributed by atoms with van der Waals surface area (Å²) in [5.41, 5.74) is 4.37. The van der Waals surface area contributed by atoms with E-state index in [9.17, 15) is 0 Å². The Bertz CT molecular complexity index is 658. The van der Waals surface area contributed by atoms with Crippen LogP contribution in [0.3, 0.4) is 0 Å². The van der Waals surface area contributed by atoms with Gasteiger partial charge in [0.15, 0.2) is 5.82 Å². The van der Waals surface area contributed by atoms with Crippen molar-refractivity contribution in [3.63, 3.8) is 0 Å². The fourth-order valence-corrected chi connectivity index (χ4v) is 1.96. The van der Waals surface area contributed by atoms with Gasteiger partial charge < -0.3 is 10.2 Å². The average molecular weight is 307 g/mol. The third kappa shape index (κ3) is 3.43. The highest BCUT2D eigenvalue weighted by molar-refractivity contribution is 6.32. The summed E-state index contributed by atoms with van der Waals surface area (Å²) in [5.74, 6) is 7.90. The number of nitrogens with two attached hydrogens (primary N) is 1. The van der Waals surface area contributed by atoms with Gasteiger partial charge in [-0.2, -0.15) is 4.98 Å². The number of anilines is 1. The largest absolute Gasteiger partial charge is 0.437 e. The molecule has 2 aromatic rings. The van der Waals surface area contributed by atoms with Crippen LogP contribution in [0.4, 0.5) is 5.82 Å². The van der Waals surface area contributed by atoms with Crippen LogP contribution in [0.5, 0.6) is 11.6 Å². The molecule has 1 heterocycles. The summed E-state index contributed by atoms with van der Waals surface area (Å²) < 4.78 is 5.88. The number of nitrogens with zero attached hydrogens (tertiary/aromatic N) is 2. The van der Waals surface area contributed by atoms with Crippen molar-refractivity contribution in [2.75, 3.05) is 5.43 Å². The zero-order valence-corrected chi connectivity index (χ0v) is 13.3.